The van der Waals surface area contributed by atoms with Crippen LogP contribution in [0.2, 0.25) is 0 Å². The van der Waals surface area contributed by atoms with Crippen LogP contribution in [0.4, 0.5) is 0 Å². The van der Waals surface area contributed by atoms with Crippen molar-refractivity contribution in [3.63, 3.8) is 0 Å². The van der Waals surface area contributed by atoms with Gasteiger partial charge in [0.15, 0.2) is 5.47 Å². The summed E-state index contributed by atoms with van der Waals surface area (Å²) in [4.78, 5) is 0. The summed E-state index contributed by atoms with van der Waals surface area (Å²) in [7, 11) is 1.66. The maximum absolute atomic E-state index is 6.16. The Kier molecular flexibility index (Phi) is 4.14. The number of benzene rings is 2. The van der Waals surface area contributed by atoms with Crippen LogP contribution in [0.1, 0.15) is 5.56 Å². The summed E-state index contributed by atoms with van der Waals surface area (Å²) in [6.07, 6.45) is 0. The number of ether oxygens (including phenoxy) is 1. The summed E-state index contributed by atoms with van der Waals surface area (Å²) >= 11 is 11.0. The fourth-order valence-electron chi connectivity index (χ4n) is 1.95. The average molecular weight is 387 g/mol. The molecule has 0 saturated carbocycles. The van der Waals surface area contributed by atoms with Crippen molar-refractivity contribution in [2.45, 2.75) is 5.75 Å². The van der Waals surface area contributed by atoms with Gasteiger partial charge < -0.3 is 9.26 Å². The highest BCUT2D eigenvalue weighted by Crippen LogP contribution is 2.63. The van der Waals surface area contributed by atoms with Crippen molar-refractivity contribution in [3.8, 4) is 11.5 Å². The van der Waals surface area contributed by atoms with Crippen molar-refractivity contribution in [1.82, 2.24) is 0 Å². The van der Waals surface area contributed by atoms with Crippen molar-refractivity contribution < 1.29 is 9.26 Å². The summed E-state index contributed by atoms with van der Waals surface area (Å²) in [6, 6.07) is 14.0. The molecule has 1 unspecified atom stereocenters. The Morgan fingerprint density at radius 1 is 1.25 bits per heavy atom. The van der Waals surface area contributed by atoms with Crippen LogP contribution in [0, 0.1) is 0 Å². The zero-order valence-corrected chi connectivity index (χ0v) is 14.8. The highest BCUT2D eigenvalue weighted by Gasteiger charge is 2.29. The van der Waals surface area contributed by atoms with Crippen LogP contribution in [0.25, 0.3) is 0 Å². The quantitative estimate of drug-likeness (QED) is 0.694. The summed E-state index contributed by atoms with van der Waals surface area (Å²) in [5, 5.41) is 1.08. The van der Waals surface area contributed by atoms with Gasteiger partial charge in [-0.25, -0.2) is 0 Å². The summed E-state index contributed by atoms with van der Waals surface area (Å²) in [5.74, 6) is 2.63. The summed E-state index contributed by atoms with van der Waals surface area (Å²) < 4.78 is 12.4. The minimum absolute atomic E-state index is 0.835. The van der Waals surface area contributed by atoms with Gasteiger partial charge in [0.25, 0.3) is 0 Å². The molecule has 0 bridgehead atoms. The smallest absolute Gasteiger partial charge is 0.196 e. The fraction of sp³-hybridized carbons (Fsp3) is 0.143. The zero-order chi connectivity index (χ0) is 14.2. The largest absolute Gasteiger partial charge is 0.497 e. The topological polar surface area (TPSA) is 18.5 Å². The third-order valence-corrected chi connectivity index (χ3v) is 9.73. The van der Waals surface area contributed by atoms with E-state index in [9.17, 15) is 0 Å². The number of hydrogen-bond acceptors (Lipinski definition) is 4. The van der Waals surface area contributed by atoms with Crippen LogP contribution in [0.5, 0.6) is 11.5 Å². The van der Waals surface area contributed by atoms with Gasteiger partial charge in [-0.15, -0.1) is 0 Å². The van der Waals surface area contributed by atoms with E-state index in [1.807, 2.05) is 36.4 Å². The van der Waals surface area contributed by atoms with E-state index >= 15 is 0 Å². The molecule has 0 aliphatic carbocycles. The lowest BCUT2D eigenvalue weighted by atomic mass is 10.2. The van der Waals surface area contributed by atoms with Crippen LogP contribution in [0.15, 0.2) is 46.9 Å². The first kappa shape index (κ1) is 14.5. The second-order valence-electron chi connectivity index (χ2n) is 4.31. The molecule has 0 N–H and O–H groups in total. The number of methoxy groups -OCH3 is 1. The monoisotopic (exact) mass is 386 g/mol. The molecule has 2 nitrogen and oxygen atoms in total. The SMILES string of the molecule is COc1ccc(P2(=S)Oc3ccc(Br)cc3CS2)cc1. The lowest BCUT2D eigenvalue weighted by Gasteiger charge is -2.29. The Bertz CT molecular complexity index is 688. The molecule has 1 heterocycles. The van der Waals surface area contributed by atoms with Crippen molar-refractivity contribution >= 4 is 49.9 Å². The summed E-state index contributed by atoms with van der Waals surface area (Å²) in [5.41, 5.74) is -0.872. The maximum Gasteiger partial charge on any atom is 0.196 e. The van der Waals surface area contributed by atoms with E-state index in [0.29, 0.717) is 0 Å². The average Bonchev–Trinajstić information content (AvgIpc) is 2.48. The molecule has 104 valence electrons. The fourth-order valence-corrected chi connectivity index (χ4v) is 7.37. The lowest BCUT2D eigenvalue weighted by molar-refractivity contribution is 0.415. The van der Waals surface area contributed by atoms with Gasteiger partial charge in [-0.3, -0.25) is 0 Å². The molecule has 0 fully saturated rings. The van der Waals surface area contributed by atoms with Gasteiger partial charge in [-0.05, 0) is 54.3 Å². The van der Waals surface area contributed by atoms with E-state index in [4.69, 9.17) is 21.1 Å². The molecule has 2 aromatic carbocycles. The molecule has 0 saturated heterocycles. The molecule has 6 heteroatoms. The van der Waals surface area contributed by atoms with Gasteiger partial charge in [0.2, 0.25) is 0 Å². The molecule has 20 heavy (non-hydrogen) atoms. The van der Waals surface area contributed by atoms with Crippen molar-refractivity contribution in [3.05, 3.63) is 52.5 Å². The Morgan fingerprint density at radius 2 is 2.00 bits per heavy atom. The van der Waals surface area contributed by atoms with Gasteiger partial charge >= 0.3 is 0 Å². The van der Waals surface area contributed by atoms with E-state index < -0.39 is 5.47 Å². The molecule has 0 spiro atoms. The molecule has 1 aliphatic rings. The second-order valence-corrected chi connectivity index (χ2v) is 12.0. The molecule has 1 atom stereocenters. The van der Waals surface area contributed by atoms with Crippen molar-refractivity contribution in [2.75, 3.05) is 7.11 Å². The molecule has 0 aromatic heterocycles. The van der Waals surface area contributed by atoms with Crippen molar-refractivity contribution in [2.24, 2.45) is 0 Å². The molecular formula is C14H12BrO2PS2. The minimum Gasteiger partial charge on any atom is -0.497 e. The highest BCUT2D eigenvalue weighted by atomic mass is 79.9. The van der Waals surface area contributed by atoms with Crippen LogP contribution in [-0.4, -0.2) is 7.11 Å². The Morgan fingerprint density at radius 3 is 2.70 bits per heavy atom. The highest BCUT2D eigenvalue weighted by molar-refractivity contribution is 9.10. The van der Waals surface area contributed by atoms with Gasteiger partial charge in [0.1, 0.15) is 11.5 Å². The van der Waals surface area contributed by atoms with Crippen LogP contribution in [-0.2, 0) is 17.6 Å². The van der Waals surface area contributed by atoms with E-state index in [1.54, 1.807) is 18.5 Å². The second kappa shape index (κ2) is 5.72. The number of halogens is 1. The molecule has 2 aromatic rings. The first-order valence-electron chi connectivity index (χ1n) is 5.98. The van der Waals surface area contributed by atoms with Crippen LogP contribution in [0.3, 0.4) is 0 Å². The number of fused-ring (bicyclic) bond motifs is 1. The zero-order valence-electron chi connectivity index (χ0n) is 10.7. The van der Waals surface area contributed by atoms with Gasteiger partial charge in [0, 0.05) is 21.1 Å². The van der Waals surface area contributed by atoms with E-state index in [0.717, 1.165) is 27.0 Å². The standard InChI is InChI=1S/C14H12BrO2PS2/c1-16-12-3-5-13(6-4-12)18(19)17-14-7-2-11(15)8-10(14)9-20-18/h2-8H,9H2,1H3. The predicted molar refractivity (Wildman–Crippen MR) is 93.0 cm³/mol. The van der Waals surface area contributed by atoms with Gasteiger partial charge in [-0.2, -0.15) is 0 Å². The van der Waals surface area contributed by atoms with Crippen molar-refractivity contribution in [1.29, 1.82) is 0 Å². The Balaban J connectivity index is 1.94. The first-order valence-corrected chi connectivity index (χ1v) is 11.1. The van der Waals surface area contributed by atoms with E-state index in [-0.39, 0.29) is 0 Å². The molecule has 0 amide bonds. The third kappa shape index (κ3) is 2.77. The third-order valence-electron chi connectivity index (χ3n) is 3.02. The Labute approximate surface area is 135 Å². The van der Waals surface area contributed by atoms with Gasteiger partial charge in [-0.1, -0.05) is 27.3 Å². The minimum atomic E-state index is -2.06. The predicted octanol–water partition coefficient (Wildman–Crippen LogP) is 4.72. The van der Waals surface area contributed by atoms with Gasteiger partial charge in [0.05, 0.1) is 7.11 Å². The van der Waals surface area contributed by atoms with E-state index in [2.05, 4.69) is 22.0 Å². The molecular weight excluding hydrogens is 375 g/mol. The summed E-state index contributed by atoms with van der Waals surface area (Å²) in [6.45, 7) is 0. The van der Waals surface area contributed by atoms with Crippen LogP contribution < -0.4 is 14.6 Å². The lowest BCUT2D eigenvalue weighted by Crippen LogP contribution is -2.11. The Hall–Kier alpha value is -0.480. The normalized spacial score (nSPS) is 20.9. The molecule has 3 rings (SSSR count). The van der Waals surface area contributed by atoms with Crippen LogP contribution >= 0.6 is 32.8 Å². The maximum atomic E-state index is 6.16. The number of rotatable bonds is 2. The first-order chi connectivity index (χ1) is 9.60. The molecule has 1 aliphatic heterocycles. The molecule has 0 radical (unpaired) electrons. The van der Waals surface area contributed by atoms with E-state index in [1.165, 1.54) is 5.56 Å². The number of hydrogen-bond donors (Lipinski definition) is 0.